The number of rotatable bonds is 7. The first-order chi connectivity index (χ1) is 14.8. The van der Waals surface area contributed by atoms with Crippen LogP contribution in [0, 0.1) is 0 Å². The molecule has 0 saturated carbocycles. The van der Waals surface area contributed by atoms with Gasteiger partial charge < -0.3 is 20.3 Å². The highest BCUT2D eigenvalue weighted by Crippen LogP contribution is 2.23. The summed E-state index contributed by atoms with van der Waals surface area (Å²) in [5.74, 6) is 2.69. The van der Waals surface area contributed by atoms with Gasteiger partial charge >= 0.3 is 0 Å². The summed E-state index contributed by atoms with van der Waals surface area (Å²) in [4.78, 5) is 12.8. The average molecular weight is 528 g/mol. The fourth-order valence-corrected chi connectivity index (χ4v) is 2.67. The van der Waals surface area contributed by atoms with Gasteiger partial charge in [-0.2, -0.15) is 4.98 Å². The number of anilines is 1. The van der Waals surface area contributed by atoms with E-state index in [0.717, 1.165) is 11.4 Å². The largest absolute Gasteiger partial charge is 0.457 e. The van der Waals surface area contributed by atoms with Crippen LogP contribution in [-0.4, -0.2) is 27.6 Å². The van der Waals surface area contributed by atoms with Crippen LogP contribution in [0.25, 0.3) is 11.6 Å². The number of nitrogens with one attached hydrogen (secondary N) is 1. The first-order valence-electron chi connectivity index (χ1n) is 9.40. The predicted octanol–water partition coefficient (Wildman–Crippen LogP) is 4.51. The van der Waals surface area contributed by atoms with E-state index in [1.165, 1.54) is 0 Å². The smallest absolute Gasteiger partial charge is 0.276 e. The van der Waals surface area contributed by atoms with Gasteiger partial charge in [-0.1, -0.05) is 35.5 Å². The number of aromatic nitrogens is 3. The topological polar surface area (TPSA) is 111 Å². The van der Waals surface area contributed by atoms with E-state index in [4.69, 9.17) is 15.0 Å². The summed E-state index contributed by atoms with van der Waals surface area (Å²) in [5, 5.41) is 7.01. The lowest BCUT2D eigenvalue weighted by molar-refractivity contribution is 0.421. The summed E-state index contributed by atoms with van der Waals surface area (Å²) >= 11 is 0. The molecule has 2 aromatic heterocycles. The molecule has 8 nitrogen and oxygen atoms in total. The molecule has 0 aliphatic carbocycles. The normalized spacial score (nSPS) is 10.9. The van der Waals surface area contributed by atoms with Crippen molar-refractivity contribution < 1.29 is 9.26 Å². The van der Waals surface area contributed by atoms with Crippen molar-refractivity contribution in [2.45, 2.75) is 6.42 Å². The Morgan fingerprint density at radius 2 is 1.81 bits per heavy atom. The van der Waals surface area contributed by atoms with Crippen LogP contribution >= 0.6 is 24.0 Å². The molecule has 0 amide bonds. The predicted molar refractivity (Wildman–Crippen MR) is 130 cm³/mol. The summed E-state index contributed by atoms with van der Waals surface area (Å²) in [5.41, 5.74) is 7.41. The summed E-state index contributed by atoms with van der Waals surface area (Å²) in [6.45, 7) is 0.417. The van der Waals surface area contributed by atoms with Crippen LogP contribution in [-0.2, 0) is 6.42 Å². The van der Waals surface area contributed by atoms with E-state index in [9.17, 15) is 0 Å². The monoisotopic (exact) mass is 528 g/mol. The van der Waals surface area contributed by atoms with E-state index in [2.05, 4.69) is 25.4 Å². The first-order valence-corrected chi connectivity index (χ1v) is 9.40. The highest BCUT2D eigenvalue weighted by Gasteiger charge is 2.09. The number of hydrogen-bond donors (Lipinski definition) is 2. The van der Waals surface area contributed by atoms with Crippen LogP contribution in [0.5, 0.6) is 11.5 Å². The van der Waals surface area contributed by atoms with E-state index in [0.29, 0.717) is 42.1 Å². The first kappa shape index (κ1) is 22.2. The van der Waals surface area contributed by atoms with Gasteiger partial charge in [0, 0.05) is 30.9 Å². The number of aliphatic imine (C=N–C) groups is 1. The molecule has 4 aromatic rings. The Morgan fingerprint density at radius 1 is 1.00 bits per heavy atom. The molecule has 31 heavy (non-hydrogen) atoms. The molecule has 2 heterocycles. The molecule has 0 bridgehead atoms. The molecule has 9 heteroatoms. The summed E-state index contributed by atoms with van der Waals surface area (Å²) < 4.78 is 11.1. The minimum absolute atomic E-state index is 0. The van der Waals surface area contributed by atoms with Gasteiger partial charge in [0.05, 0.1) is 0 Å². The number of halogens is 1. The van der Waals surface area contributed by atoms with Crippen molar-refractivity contribution >= 4 is 35.6 Å². The number of nitrogens with two attached hydrogens (primary N) is 1. The Balaban J connectivity index is 0.00000272. The minimum atomic E-state index is 0. The van der Waals surface area contributed by atoms with Gasteiger partial charge in [-0.3, -0.25) is 9.98 Å². The summed E-state index contributed by atoms with van der Waals surface area (Å²) in [7, 11) is 0. The van der Waals surface area contributed by atoms with Crippen molar-refractivity contribution in [2.75, 3.05) is 11.9 Å². The Bertz CT molecular complexity index is 1120. The SMILES string of the molecule is I.NC(=NCCc1noc(-c2ccccn2)n1)Nc1cccc(Oc2ccccc2)c1. The van der Waals surface area contributed by atoms with Crippen molar-refractivity contribution in [3.63, 3.8) is 0 Å². The maximum absolute atomic E-state index is 5.99. The highest BCUT2D eigenvalue weighted by atomic mass is 127. The van der Waals surface area contributed by atoms with Gasteiger partial charge in [0.2, 0.25) is 0 Å². The van der Waals surface area contributed by atoms with Gasteiger partial charge in [-0.15, -0.1) is 24.0 Å². The lowest BCUT2D eigenvalue weighted by Crippen LogP contribution is -2.23. The van der Waals surface area contributed by atoms with Crippen molar-refractivity contribution in [1.82, 2.24) is 15.1 Å². The van der Waals surface area contributed by atoms with Crippen LogP contribution in [0.2, 0.25) is 0 Å². The van der Waals surface area contributed by atoms with Crippen LogP contribution in [0.15, 0.2) is 88.5 Å². The van der Waals surface area contributed by atoms with Crippen LogP contribution < -0.4 is 15.8 Å². The van der Waals surface area contributed by atoms with Gasteiger partial charge in [-0.05, 0) is 36.4 Å². The third-order valence-electron chi connectivity index (χ3n) is 4.06. The molecule has 0 unspecified atom stereocenters. The molecule has 0 aliphatic heterocycles. The standard InChI is InChI=1S/C22H20N6O2.HI/c23-22(25-14-12-20-27-21(30-28-20)19-11-4-5-13-24-19)26-16-7-6-10-18(15-16)29-17-8-2-1-3-9-17;/h1-11,13,15H,12,14H2,(H3,23,25,26);1H. The third-order valence-corrected chi connectivity index (χ3v) is 4.06. The number of hydrogen-bond acceptors (Lipinski definition) is 6. The number of benzene rings is 2. The van der Waals surface area contributed by atoms with Gasteiger partial charge in [0.15, 0.2) is 11.8 Å². The van der Waals surface area contributed by atoms with Crippen LogP contribution in [0.3, 0.4) is 0 Å². The van der Waals surface area contributed by atoms with E-state index < -0.39 is 0 Å². The molecule has 0 saturated heterocycles. The Morgan fingerprint density at radius 3 is 2.61 bits per heavy atom. The van der Waals surface area contributed by atoms with Crippen molar-refractivity contribution in [1.29, 1.82) is 0 Å². The molecule has 2 aromatic carbocycles. The van der Waals surface area contributed by atoms with E-state index >= 15 is 0 Å². The van der Waals surface area contributed by atoms with E-state index in [-0.39, 0.29) is 24.0 Å². The quantitative estimate of drug-likeness (QED) is 0.206. The number of nitrogens with zero attached hydrogens (tertiary/aromatic N) is 4. The zero-order valence-corrected chi connectivity index (χ0v) is 18.8. The number of ether oxygens (including phenoxy) is 1. The summed E-state index contributed by atoms with van der Waals surface area (Å²) in [6.07, 6.45) is 2.17. The third kappa shape index (κ3) is 6.51. The summed E-state index contributed by atoms with van der Waals surface area (Å²) in [6, 6.07) is 22.6. The minimum Gasteiger partial charge on any atom is -0.457 e. The zero-order chi connectivity index (χ0) is 20.6. The maximum Gasteiger partial charge on any atom is 0.276 e. The molecule has 0 atom stereocenters. The number of para-hydroxylation sites is 1. The molecule has 4 rings (SSSR count). The molecular weight excluding hydrogens is 507 g/mol. The Hall–Kier alpha value is -3.47. The fraction of sp³-hybridized carbons (Fsp3) is 0.0909. The average Bonchev–Trinajstić information content (AvgIpc) is 3.24. The maximum atomic E-state index is 5.99. The van der Waals surface area contributed by atoms with Gasteiger partial charge in [0.25, 0.3) is 5.89 Å². The second-order valence-electron chi connectivity index (χ2n) is 6.32. The molecule has 158 valence electrons. The molecule has 0 radical (unpaired) electrons. The Kier molecular flexibility index (Phi) is 7.93. The number of pyridine rings is 1. The lowest BCUT2D eigenvalue weighted by atomic mass is 10.3. The molecule has 3 N–H and O–H groups in total. The molecule has 0 spiro atoms. The fourth-order valence-electron chi connectivity index (χ4n) is 2.67. The van der Waals surface area contributed by atoms with E-state index in [1.807, 2.05) is 72.8 Å². The van der Waals surface area contributed by atoms with Crippen LogP contribution in [0.4, 0.5) is 5.69 Å². The second-order valence-corrected chi connectivity index (χ2v) is 6.32. The van der Waals surface area contributed by atoms with Crippen molar-refractivity contribution in [2.24, 2.45) is 10.7 Å². The second kappa shape index (κ2) is 11.1. The molecule has 0 aliphatic rings. The Labute approximate surface area is 196 Å². The van der Waals surface area contributed by atoms with Gasteiger partial charge in [0.1, 0.15) is 17.2 Å². The van der Waals surface area contributed by atoms with Crippen molar-refractivity contribution in [3.05, 3.63) is 84.8 Å². The van der Waals surface area contributed by atoms with E-state index in [1.54, 1.807) is 6.20 Å². The number of guanidine groups is 1. The highest BCUT2D eigenvalue weighted by molar-refractivity contribution is 14.0. The van der Waals surface area contributed by atoms with Crippen LogP contribution in [0.1, 0.15) is 5.82 Å². The lowest BCUT2D eigenvalue weighted by Gasteiger charge is -2.09. The molecule has 0 fully saturated rings. The molecular formula is C22H21IN6O2. The zero-order valence-electron chi connectivity index (χ0n) is 16.5. The van der Waals surface area contributed by atoms with Gasteiger partial charge in [-0.25, -0.2) is 0 Å². The van der Waals surface area contributed by atoms with Crippen molar-refractivity contribution in [3.8, 4) is 23.1 Å².